The van der Waals surface area contributed by atoms with Gasteiger partial charge in [0, 0.05) is 24.2 Å². The monoisotopic (exact) mass is 456 g/mol. The Morgan fingerprint density at radius 3 is 2.00 bits per heavy atom. The fraction of sp³-hybridized carbons (Fsp3) is 0.172. The van der Waals surface area contributed by atoms with Gasteiger partial charge in [0.25, 0.3) is 11.8 Å². The van der Waals surface area contributed by atoms with Gasteiger partial charge in [-0.3, -0.25) is 9.59 Å². The number of benzene rings is 3. The van der Waals surface area contributed by atoms with Gasteiger partial charge in [0.15, 0.2) is 0 Å². The maximum atomic E-state index is 13.3. The molecule has 2 amide bonds. The minimum Gasteiger partial charge on any atom is -0.348 e. The molecule has 4 nitrogen and oxygen atoms in total. The molecule has 0 bridgehead atoms. The lowest BCUT2D eigenvalue weighted by Crippen LogP contribution is -2.24. The van der Waals surface area contributed by atoms with Gasteiger partial charge in [-0.2, -0.15) is 0 Å². The topological polar surface area (TPSA) is 58.2 Å². The zero-order valence-corrected chi connectivity index (χ0v) is 19.5. The van der Waals surface area contributed by atoms with E-state index in [9.17, 15) is 14.0 Å². The van der Waals surface area contributed by atoms with Crippen LogP contribution in [-0.2, 0) is 13.1 Å². The van der Waals surface area contributed by atoms with Gasteiger partial charge in [0.2, 0.25) is 0 Å². The maximum absolute atomic E-state index is 13.3. The summed E-state index contributed by atoms with van der Waals surface area (Å²) in [5.41, 5.74) is 4.74. The summed E-state index contributed by atoms with van der Waals surface area (Å²) in [6.45, 7) is 4.60. The smallest absolute Gasteiger partial charge is 0.251 e. The number of carbonyl (C=O) groups is 2. The van der Waals surface area contributed by atoms with Crippen molar-refractivity contribution in [1.29, 1.82) is 0 Å². The quantitative estimate of drug-likeness (QED) is 0.385. The summed E-state index contributed by atoms with van der Waals surface area (Å²) in [6, 6.07) is 20.7. The van der Waals surface area contributed by atoms with E-state index in [1.165, 1.54) is 12.1 Å². The molecule has 0 aliphatic rings. The van der Waals surface area contributed by atoms with Crippen molar-refractivity contribution in [2.24, 2.45) is 0 Å². The van der Waals surface area contributed by atoms with Gasteiger partial charge in [-0.05, 0) is 72.0 Å². The first-order valence-electron chi connectivity index (χ1n) is 11.3. The molecule has 3 aromatic carbocycles. The van der Waals surface area contributed by atoms with Gasteiger partial charge in [0.1, 0.15) is 5.82 Å². The van der Waals surface area contributed by atoms with E-state index < -0.39 is 0 Å². The van der Waals surface area contributed by atoms with Crippen LogP contribution in [0.1, 0.15) is 57.7 Å². The summed E-state index contributed by atoms with van der Waals surface area (Å²) in [7, 11) is 0. The third kappa shape index (κ3) is 7.01. The van der Waals surface area contributed by atoms with Crippen molar-refractivity contribution in [3.05, 3.63) is 125 Å². The SMILES string of the molecule is C/C=C\C(=C/CC)c1ccc(C(=O)NCc2cccc(C(=O)NCc3cccc(F)c3)c2)cc1. The minimum atomic E-state index is -0.338. The molecule has 34 heavy (non-hydrogen) atoms. The molecule has 0 aliphatic heterocycles. The second kappa shape index (κ2) is 12.3. The summed E-state index contributed by atoms with van der Waals surface area (Å²) in [5.74, 6) is -0.778. The highest BCUT2D eigenvalue weighted by Crippen LogP contribution is 2.18. The first-order valence-corrected chi connectivity index (χ1v) is 11.3. The van der Waals surface area contributed by atoms with E-state index in [1.54, 1.807) is 30.3 Å². The van der Waals surface area contributed by atoms with E-state index in [-0.39, 0.29) is 24.2 Å². The van der Waals surface area contributed by atoms with Crippen LogP contribution >= 0.6 is 0 Å². The number of allylic oxidation sites excluding steroid dienone is 4. The van der Waals surface area contributed by atoms with Crippen LogP contribution in [0.4, 0.5) is 4.39 Å². The Morgan fingerprint density at radius 2 is 1.38 bits per heavy atom. The molecule has 0 aliphatic carbocycles. The first-order chi connectivity index (χ1) is 16.5. The predicted molar refractivity (Wildman–Crippen MR) is 135 cm³/mol. The van der Waals surface area contributed by atoms with Gasteiger partial charge < -0.3 is 10.6 Å². The Hall–Kier alpha value is -3.99. The fourth-order valence-electron chi connectivity index (χ4n) is 3.53. The summed E-state index contributed by atoms with van der Waals surface area (Å²) in [5, 5.41) is 5.69. The lowest BCUT2D eigenvalue weighted by Gasteiger charge is -2.09. The van der Waals surface area contributed by atoms with Crippen LogP contribution in [0, 0.1) is 5.82 Å². The van der Waals surface area contributed by atoms with Crippen LogP contribution in [0.25, 0.3) is 5.57 Å². The van der Waals surface area contributed by atoms with E-state index in [4.69, 9.17) is 0 Å². The highest BCUT2D eigenvalue weighted by molar-refractivity contribution is 5.95. The van der Waals surface area contributed by atoms with Gasteiger partial charge in [-0.1, -0.05) is 61.5 Å². The highest BCUT2D eigenvalue weighted by Gasteiger charge is 2.09. The Kier molecular flexibility index (Phi) is 8.92. The van der Waals surface area contributed by atoms with Crippen LogP contribution < -0.4 is 10.6 Å². The van der Waals surface area contributed by atoms with Crippen molar-refractivity contribution >= 4 is 17.4 Å². The second-order valence-electron chi connectivity index (χ2n) is 7.84. The number of amides is 2. The molecule has 0 aromatic heterocycles. The number of rotatable bonds is 9. The molecule has 0 fully saturated rings. The third-order valence-electron chi connectivity index (χ3n) is 5.24. The van der Waals surface area contributed by atoms with Gasteiger partial charge in [-0.25, -0.2) is 4.39 Å². The average molecular weight is 457 g/mol. The molecule has 3 aromatic rings. The van der Waals surface area contributed by atoms with Crippen LogP contribution in [0.3, 0.4) is 0 Å². The zero-order chi connectivity index (χ0) is 24.3. The maximum Gasteiger partial charge on any atom is 0.251 e. The number of nitrogens with one attached hydrogen (secondary N) is 2. The molecule has 3 rings (SSSR count). The molecule has 0 radical (unpaired) electrons. The Balaban J connectivity index is 1.58. The van der Waals surface area contributed by atoms with Crippen LogP contribution in [0.2, 0.25) is 0 Å². The molecule has 0 atom stereocenters. The van der Waals surface area contributed by atoms with Crippen LogP contribution in [-0.4, -0.2) is 11.8 Å². The fourth-order valence-corrected chi connectivity index (χ4v) is 3.53. The van der Waals surface area contributed by atoms with Gasteiger partial charge in [-0.15, -0.1) is 0 Å². The summed E-state index contributed by atoms with van der Waals surface area (Å²) < 4.78 is 13.3. The average Bonchev–Trinajstić information content (AvgIpc) is 2.86. The number of hydrogen-bond donors (Lipinski definition) is 2. The molecular weight excluding hydrogens is 427 g/mol. The largest absolute Gasteiger partial charge is 0.348 e. The van der Waals surface area contributed by atoms with Crippen molar-refractivity contribution in [1.82, 2.24) is 10.6 Å². The van der Waals surface area contributed by atoms with E-state index in [2.05, 4.69) is 29.7 Å². The number of halogens is 1. The predicted octanol–water partition coefficient (Wildman–Crippen LogP) is 6.06. The molecule has 174 valence electrons. The van der Waals surface area contributed by atoms with E-state index in [0.717, 1.165) is 23.1 Å². The molecule has 0 saturated carbocycles. The molecule has 5 heteroatoms. The second-order valence-corrected chi connectivity index (χ2v) is 7.84. The summed E-state index contributed by atoms with van der Waals surface area (Å²) in [4.78, 5) is 25.1. The summed E-state index contributed by atoms with van der Waals surface area (Å²) in [6.07, 6.45) is 7.14. The lowest BCUT2D eigenvalue weighted by atomic mass is 10.0. The lowest BCUT2D eigenvalue weighted by molar-refractivity contribution is 0.0945. The van der Waals surface area contributed by atoms with Crippen molar-refractivity contribution in [3.8, 4) is 0 Å². The number of carbonyl (C=O) groups excluding carboxylic acids is 2. The van der Waals surface area contributed by atoms with Crippen molar-refractivity contribution < 1.29 is 14.0 Å². The van der Waals surface area contributed by atoms with Gasteiger partial charge >= 0.3 is 0 Å². The van der Waals surface area contributed by atoms with E-state index in [0.29, 0.717) is 23.2 Å². The Morgan fingerprint density at radius 1 is 0.794 bits per heavy atom. The third-order valence-corrected chi connectivity index (χ3v) is 5.24. The van der Waals surface area contributed by atoms with Crippen LogP contribution in [0.15, 0.2) is 91.0 Å². The molecule has 0 unspecified atom stereocenters. The van der Waals surface area contributed by atoms with Crippen molar-refractivity contribution in [2.75, 3.05) is 0 Å². The number of hydrogen-bond acceptors (Lipinski definition) is 2. The van der Waals surface area contributed by atoms with Gasteiger partial charge in [0.05, 0.1) is 0 Å². The van der Waals surface area contributed by atoms with Crippen molar-refractivity contribution in [3.63, 3.8) is 0 Å². The molecular formula is C29H29FN2O2. The zero-order valence-electron chi connectivity index (χ0n) is 19.5. The molecule has 0 spiro atoms. The van der Waals surface area contributed by atoms with Crippen molar-refractivity contribution in [2.45, 2.75) is 33.4 Å². The first kappa shape index (κ1) is 24.6. The highest BCUT2D eigenvalue weighted by atomic mass is 19.1. The van der Waals surface area contributed by atoms with E-state index in [1.807, 2.05) is 43.3 Å². The van der Waals surface area contributed by atoms with Crippen LogP contribution in [0.5, 0.6) is 0 Å². The normalized spacial score (nSPS) is 11.4. The molecule has 0 saturated heterocycles. The van der Waals surface area contributed by atoms with E-state index >= 15 is 0 Å². The standard InChI is InChI=1S/C29H29FN2O2/c1-3-7-23(8-4-2)24-13-15-25(16-14-24)28(33)31-19-21-9-5-11-26(17-21)29(34)32-20-22-10-6-12-27(30)18-22/h3,5-18H,4,19-20H2,1-2H3,(H,31,33)(H,32,34)/b7-3-,23-8+. The Bertz CT molecular complexity index is 1200. The minimum absolute atomic E-state index is 0.181. The Labute approximate surface area is 200 Å². The molecule has 2 N–H and O–H groups in total. The summed E-state index contributed by atoms with van der Waals surface area (Å²) >= 11 is 0. The molecule has 0 heterocycles.